The van der Waals surface area contributed by atoms with Crippen LogP contribution in [0.2, 0.25) is 0 Å². The second-order valence-corrected chi connectivity index (χ2v) is 3.92. The number of nitrogen functional groups attached to an aromatic ring is 1. The maximum atomic E-state index is 7.49. The second kappa shape index (κ2) is 7.51. The molecule has 19 heavy (non-hydrogen) atoms. The molecule has 0 saturated heterocycles. The predicted octanol–water partition coefficient (Wildman–Crippen LogP) is 2.50. The van der Waals surface area contributed by atoms with Crippen LogP contribution in [0.5, 0.6) is 0 Å². The van der Waals surface area contributed by atoms with E-state index in [4.69, 9.17) is 15.9 Å². The molecule has 100 valence electrons. The number of hydrogen-bond acceptors (Lipinski definition) is 3. The van der Waals surface area contributed by atoms with Crippen LogP contribution in [0, 0.1) is 5.41 Å². The van der Waals surface area contributed by atoms with Crippen LogP contribution in [-0.2, 0) is 18.0 Å². The van der Waals surface area contributed by atoms with Gasteiger partial charge in [-0.25, -0.2) is 0 Å². The minimum atomic E-state index is 0. The average Bonchev–Trinajstić information content (AvgIpc) is 2.40. The largest absolute Gasteiger partial charge is 0.384 e. The van der Waals surface area contributed by atoms with Crippen molar-refractivity contribution in [1.29, 1.82) is 5.41 Å². The summed E-state index contributed by atoms with van der Waals surface area (Å²) in [7, 11) is 0. The van der Waals surface area contributed by atoms with Gasteiger partial charge in [0, 0.05) is 18.0 Å². The SMILES string of the molecule is Cl.N=C(N)c1ccccc1COCc1cccnc1. The van der Waals surface area contributed by atoms with Crippen LogP contribution in [0.15, 0.2) is 48.8 Å². The summed E-state index contributed by atoms with van der Waals surface area (Å²) in [5, 5.41) is 7.49. The molecule has 0 aliphatic heterocycles. The zero-order valence-corrected chi connectivity index (χ0v) is 11.2. The molecule has 0 spiro atoms. The predicted molar refractivity (Wildman–Crippen MR) is 77.4 cm³/mol. The van der Waals surface area contributed by atoms with Crippen molar-refractivity contribution < 1.29 is 4.74 Å². The lowest BCUT2D eigenvalue weighted by Gasteiger charge is -2.08. The lowest BCUT2D eigenvalue weighted by molar-refractivity contribution is 0.107. The van der Waals surface area contributed by atoms with Crippen molar-refractivity contribution in [2.75, 3.05) is 0 Å². The first-order valence-corrected chi connectivity index (χ1v) is 5.66. The number of nitrogens with zero attached hydrogens (tertiary/aromatic N) is 1. The fourth-order valence-electron chi connectivity index (χ4n) is 1.67. The average molecular weight is 278 g/mol. The zero-order valence-electron chi connectivity index (χ0n) is 10.4. The van der Waals surface area contributed by atoms with Crippen molar-refractivity contribution in [1.82, 2.24) is 4.98 Å². The number of halogens is 1. The van der Waals surface area contributed by atoms with Gasteiger partial charge in [0.25, 0.3) is 0 Å². The highest BCUT2D eigenvalue weighted by molar-refractivity contribution is 5.96. The van der Waals surface area contributed by atoms with Crippen molar-refractivity contribution >= 4 is 18.2 Å². The zero-order chi connectivity index (χ0) is 12.8. The van der Waals surface area contributed by atoms with E-state index in [0.29, 0.717) is 13.2 Å². The van der Waals surface area contributed by atoms with Crippen molar-refractivity contribution in [3.63, 3.8) is 0 Å². The molecular formula is C14H16ClN3O. The van der Waals surface area contributed by atoms with Gasteiger partial charge in [-0.2, -0.15) is 0 Å². The summed E-state index contributed by atoms with van der Waals surface area (Å²) in [6.45, 7) is 0.935. The number of rotatable bonds is 5. The van der Waals surface area contributed by atoms with Gasteiger partial charge in [-0.1, -0.05) is 30.3 Å². The lowest BCUT2D eigenvalue weighted by Crippen LogP contribution is -2.14. The molecule has 3 N–H and O–H groups in total. The summed E-state index contributed by atoms with van der Waals surface area (Å²) in [6.07, 6.45) is 3.51. The molecule has 1 aromatic heterocycles. The molecule has 5 heteroatoms. The van der Waals surface area contributed by atoms with Crippen LogP contribution in [-0.4, -0.2) is 10.8 Å². The van der Waals surface area contributed by atoms with Crippen molar-refractivity contribution in [3.05, 3.63) is 65.5 Å². The number of amidine groups is 1. The second-order valence-electron chi connectivity index (χ2n) is 3.92. The Labute approximate surface area is 118 Å². The van der Waals surface area contributed by atoms with Crippen LogP contribution in [0.3, 0.4) is 0 Å². The number of pyridine rings is 1. The molecule has 1 aromatic carbocycles. The van der Waals surface area contributed by atoms with E-state index in [2.05, 4.69) is 4.98 Å². The molecule has 1 heterocycles. The van der Waals surface area contributed by atoms with E-state index < -0.39 is 0 Å². The molecule has 4 nitrogen and oxygen atoms in total. The highest BCUT2D eigenvalue weighted by Crippen LogP contribution is 2.10. The number of nitrogens with two attached hydrogens (primary N) is 1. The summed E-state index contributed by atoms with van der Waals surface area (Å²) in [4.78, 5) is 4.02. The molecule has 0 amide bonds. The van der Waals surface area contributed by atoms with Crippen LogP contribution in [0.4, 0.5) is 0 Å². The molecule has 0 bridgehead atoms. The maximum absolute atomic E-state index is 7.49. The maximum Gasteiger partial charge on any atom is 0.123 e. The lowest BCUT2D eigenvalue weighted by atomic mass is 10.1. The Hall–Kier alpha value is -1.91. The van der Waals surface area contributed by atoms with E-state index in [-0.39, 0.29) is 18.2 Å². The molecule has 0 unspecified atom stereocenters. The Morgan fingerprint density at radius 2 is 1.95 bits per heavy atom. The Morgan fingerprint density at radius 3 is 2.63 bits per heavy atom. The van der Waals surface area contributed by atoms with Crippen LogP contribution in [0.25, 0.3) is 0 Å². The molecule has 0 radical (unpaired) electrons. The smallest absolute Gasteiger partial charge is 0.123 e. The van der Waals surface area contributed by atoms with Gasteiger partial charge in [-0.15, -0.1) is 12.4 Å². The van der Waals surface area contributed by atoms with E-state index in [1.165, 1.54) is 0 Å². The first-order valence-electron chi connectivity index (χ1n) is 5.66. The Bertz CT molecular complexity index is 531. The fourth-order valence-corrected chi connectivity index (χ4v) is 1.67. The van der Waals surface area contributed by atoms with Gasteiger partial charge in [0.15, 0.2) is 0 Å². The van der Waals surface area contributed by atoms with Crippen molar-refractivity contribution in [2.45, 2.75) is 13.2 Å². The van der Waals surface area contributed by atoms with E-state index >= 15 is 0 Å². The minimum absolute atomic E-state index is 0. The van der Waals surface area contributed by atoms with Crippen LogP contribution < -0.4 is 5.73 Å². The van der Waals surface area contributed by atoms with E-state index in [0.717, 1.165) is 16.7 Å². The van der Waals surface area contributed by atoms with Gasteiger partial charge in [-0.3, -0.25) is 10.4 Å². The fraction of sp³-hybridized carbons (Fsp3) is 0.143. The van der Waals surface area contributed by atoms with Crippen molar-refractivity contribution in [2.24, 2.45) is 5.73 Å². The molecule has 0 aliphatic rings. The third-order valence-corrected chi connectivity index (χ3v) is 2.56. The normalized spacial score (nSPS) is 9.68. The standard InChI is InChI=1S/C14H15N3O.ClH/c15-14(16)13-6-2-1-5-12(13)10-18-9-11-4-3-7-17-8-11;/h1-8H,9-10H2,(H3,15,16);1H. The molecule has 0 aliphatic carbocycles. The molecule has 2 aromatic rings. The van der Waals surface area contributed by atoms with Gasteiger partial charge in [0.2, 0.25) is 0 Å². The summed E-state index contributed by atoms with van der Waals surface area (Å²) in [6, 6.07) is 11.4. The van der Waals surface area contributed by atoms with E-state index in [1.54, 1.807) is 12.4 Å². The minimum Gasteiger partial charge on any atom is -0.384 e. The van der Waals surface area contributed by atoms with Gasteiger partial charge in [0.05, 0.1) is 13.2 Å². The Balaban J connectivity index is 0.00000180. The van der Waals surface area contributed by atoms with Crippen molar-refractivity contribution in [3.8, 4) is 0 Å². The topological polar surface area (TPSA) is 72.0 Å². The summed E-state index contributed by atoms with van der Waals surface area (Å²) >= 11 is 0. The third kappa shape index (κ3) is 4.35. The first kappa shape index (κ1) is 15.1. The first-order chi connectivity index (χ1) is 8.77. The summed E-state index contributed by atoms with van der Waals surface area (Å²) in [5.74, 6) is 0.0653. The quantitative estimate of drug-likeness (QED) is 0.651. The third-order valence-electron chi connectivity index (χ3n) is 2.56. The van der Waals surface area contributed by atoms with E-state index in [1.807, 2.05) is 36.4 Å². The number of hydrogen-bond donors (Lipinski definition) is 2. The number of nitrogens with one attached hydrogen (secondary N) is 1. The van der Waals surface area contributed by atoms with Crippen LogP contribution in [0.1, 0.15) is 16.7 Å². The Kier molecular flexibility index (Phi) is 5.99. The number of ether oxygens (including phenoxy) is 1. The number of benzene rings is 1. The van der Waals surface area contributed by atoms with Gasteiger partial charge < -0.3 is 10.5 Å². The summed E-state index contributed by atoms with van der Waals surface area (Å²) < 4.78 is 5.60. The number of aromatic nitrogens is 1. The molecule has 2 rings (SSSR count). The molecular weight excluding hydrogens is 262 g/mol. The van der Waals surface area contributed by atoms with Crippen LogP contribution >= 0.6 is 12.4 Å². The van der Waals surface area contributed by atoms with Gasteiger partial charge >= 0.3 is 0 Å². The van der Waals surface area contributed by atoms with Gasteiger partial charge in [0.1, 0.15) is 5.84 Å². The highest BCUT2D eigenvalue weighted by atomic mass is 35.5. The summed E-state index contributed by atoms with van der Waals surface area (Å²) in [5.41, 5.74) is 8.19. The molecule has 0 atom stereocenters. The highest BCUT2D eigenvalue weighted by Gasteiger charge is 2.04. The van der Waals surface area contributed by atoms with Gasteiger partial charge in [-0.05, 0) is 17.2 Å². The molecule has 0 fully saturated rings. The molecule has 0 saturated carbocycles. The Morgan fingerprint density at radius 1 is 1.16 bits per heavy atom. The monoisotopic (exact) mass is 277 g/mol. The van der Waals surface area contributed by atoms with E-state index in [9.17, 15) is 0 Å².